The first-order valence-electron chi connectivity index (χ1n) is 9.46. The molecule has 0 spiro atoms. The molecule has 146 valence electrons. The Kier molecular flexibility index (Phi) is 7.81. The third kappa shape index (κ3) is 7.40. The number of nitrogens with one attached hydrogen (secondary N) is 2. The lowest BCUT2D eigenvalue weighted by atomic mass is 10.1. The summed E-state index contributed by atoms with van der Waals surface area (Å²) in [5, 5.41) is 6.53. The summed E-state index contributed by atoms with van der Waals surface area (Å²) in [5.74, 6) is 1.31. The van der Waals surface area contributed by atoms with Crippen LogP contribution >= 0.6 is 0 Å². The molecule has 8 heteroatoms. The summed E-state index contributed by atoms with van der Waals surface area (Å²) in [6, 6.07) is 0.0281. The summed E-state index contributed by atoms with van der Waals surface area (Å²) in [6.45, 7) is 9.17. The minimum Gasteiger partial charge on any atom is -0.357 e. The van der Waals surface area contributed by atoms with E-state index in [0.717, 1.165) is 38.7 Å². The van der Waals surface area contributed by atoms with Crippen molar-refractivity contribution in [3.8, 4) is 0 Å². The van der Waals surface area contributed by atoms with E-state index in [-0.39, 0.29) is 6.04 Å². The number of rotatable bonds is 7. The van der Waals surface area contributed by atoms with Gasteiger partial charge in [0.25, 0.3) is 0 Å². The van der Waals surface area contributed by atoms with Gasteiger partial charge in [0.2, 0.25) is 0 Å². The van der Waals surface area contributed by atoms with Crippen LogP contribution in [0.4, 0.5) is 13.2 Å². The molecule has 0 aliphatic carbocycles. The highest BCUT2D eigenvalue weighted by molar-refractivity contribution is 5.80. The minimum atomic E-state index is -4.12. The van der Waals surface area contributed by atoms with E-state index in [1.54, 1.807) is 0 Å². The molecule has 2 saturated heterocycles. The van der Waals surface area contributed by atoms with E-state index in [2.05, 4.69) is 27.4 Å². The number of guanidine groups is 1. The second kappa shape index (κ2) is 9.62. The first-order chi connectivity index (χ1) is 11.9. The van der Waals surface area contributed by atoms with Gasteiger partial charge in [0.1, 0.15) is 0 Å². The Morgan fingerprint density at radius 2 is 1.88 bits per heavy atom. The third-order valence-corrected chi connectivity index (χ3v) is 4.78. The second-order valence-electron chi connectivity index (χ2n) is 7.16. The van der Waals surface area contributed by atoms with Crippen LogP contribution in [0.1, 0.15) is 33.1 Å². The SMILES string of the molecule is CCCN1CCC(CN=C(NCC)NC2CCN(CC(F)(F)F)C2)C1. The van der Waals surface area contributed by atoms with Gasteiger partial charge >= 0.3 is 6.18 Å². The van der Waals surface area contributed by atoms with Gasteiger partial charge in [0.05, 0.1) is 6.54 Å². The highest BCUT2D eigenvalue weighted by atomic mass is 19.4. The summed E-state index contributed by atoms with van der Waals surface area (Å²) >= 11 is 0. The Morgan fingerprint density at radius 1 is 1.12 bits per heavy atom. The average molecular weight is 363 g/mol. The molecule has 0 aromatic heterocycles. The Bertz CT molecular complexity index is 427. The van der Waals surface area contributed by atoms with Gasteiger partial charge in [-0.15, -0.1) is 0 Å². The van der Waals surface area contributed by atoms with Crippen LogP contribution in [0, 0.1) is 5.92 Å². The van der Waals surface area contributed by atoms with Crippen LogP contribution < -0.4 is 10.6 Å². The van der Waals surface area contributed by atoms with E-state index in [0.29, 0.717) is 25.4 Å². The molecular formula is C17H32F3N5. The predicted octanol–water partition coefficient (Wildman–Crippen LogP) is 1.91. The van der Waals surface area contributed by atoms with Gasteiger partial charge in [-0.05, 0) is 45.2 Å². The van der Waals surface area contributed by atoms with Crippen molar-refractivity contribution in [1.82, 2.24) is 20.4 Å². The van der Waals surface area contributed by atoms with Crippen LogP contribution in [-0.4, -0.2) is 80.3 Å². The number of halogens is 3. The molecule has 2 atom stereocenters. The Morgan fingerprint density at radius 3 is 2.56 bits per heavy atom. The molecule has 25 heavy (non-hydrogen) atoms. The first-order valence-corrected chi connectivity index (χ1v) is 9.46. The molecule has 0 amide bonds. The van der Waals surface area contributed by atoms with Crippen LogP contribution in [0.2, 0.25) is 0 Å². The van der Waals surface area contributed by atoms with Crippen LogP contribution in [0.5, 0.6) is 0 Å². The van der Waals surface area contributed by atoms with Crippen molar-refractivity contribution in [3.63, 3.8) is 0 Å². The second-order valence-corrected chi connectivity index (χ2v) is 7.16. The molecule has 0 radical (unpaired) electrons. The van der Waals surface area contributed by atoms with Crippen molar-refractivity contribution >= 4 is 5.96 Å². The zero-order chi connectivity index (χ0) is 18.3. The van der Waals surface area contributed by atoms with Crippen LogP contribution in [0.15, 0.2) is 4.99 Å². The minimum absolute atomic E-state index is 0.0281. The lowest BCUT2D eigenvalue weighted by Gasteiger charge is -2.20. The first kappa shape index (κ1) is 20.3. The fraction of sp³-hybridized carbons (Fsp3) is 0.941. The van der Waals surface area contributed by atoms with Gasteiger partial charge in [-0.3, -0.25) is 9.89 Å². The Balaban J connectivity index is 1.78. The largest absolute Gasteiger partial charge is 0.401 e. The molecule has 5 nitrogen and oxygen atoms in total. The van der Waals surface area contributed by atoms with Crippen molar-refractivity contribution in [1.29, 1.82) is 0 Å². The summed E-state index contributed by atoms with van der Waals surface area (Å²) in [4.78, 5) is 8.62. The van der Waals surface area contributed by atoms with Crippen molar-refractivity contribution in [2.75, 3.05) is 52.4 Å². The maximum atomic E-state index is 12.5. The molecule has 2 heterocycles. The Hall–Kier alpha value is -1.02. The molecule has 0 saturated carbocycles. The lowest BCUT2D eigenvalue weighted by molar-refractivity contribution is -0.143. The van der Waals surface area contributed by atoms with E-state index < -0.39 is 12.7 Å². The summed E-state index contributed by atoms with van der Waals surface area (Å²) in [5.41, 5.74) is 0. The molecule has 0 aromatic rings. The number of hydrogen-bond acceptors (Lipinski definition) is 3. The van der Waals surface area contributed by atoms with E-state index in [9.17, 15) is 13.2 Å². The number of alkyl halides is 3. The topological polar surface area (TPSA) is 42.9 Å². The van der Waals surface area contributed by atoms with Crippen molar-refractivity contribution in [2.24, 2.45) is 10.9 Å². The molecule has 2 aliphatic heterocycles. The average Bonchev–Trinajstić information content (AvgIpc) is 3.13. The Labute approximate surface area is 149 Å². The number of aliphatic imine (C=N–C) groups is 1. The quantitative estimate of drug-likeness (QED) is 0.536. The molecule has 2 unspecified atom stereocenters. The van der Waals surface area contributed by atoms with Gasteiger partial charge < -0.3 is 15.5 Å². The van der Waals surface area contributed by atoms with Gasteiger partial charge in [-0.25, -0.2) is 0 Å². The van der Waals surface area contributed by atoms with Crippen LogP contribution in [0.25, 0.3) is 0 Å². The van der Waals surface area contributed by atoms with Gasteiger partial charge in [0.15, 0.2) is 5.96 Å². The fourth-order valence-electron chi connectivity index (χ4n) is 3.66. The zero-order valence-corrected chi connectivity index (χ0v) is 15.4. The summed E-state index contributed by atoms with van der Waals surface area (Å²) in [6.07, 6.45) is -1.06. The van der Waals surface area contributed by atoms with Gasteiger partial charge in [-0.2, -0.15) is 13.2 Å². The number of nitrogens with zero attached hydrogens (tertiary/aromatic N) is 3. The molecule has 2 N–H and O–H groups in total. The molecule has 0 aromatic carbocycles. The third-order valence-electron chi connectivity index (χ3n) is 4.78. The van der Waals surface area contributed by atoms with Gasteiger partial charge in [-0.1, -0.05) is 6.92 Å². The number of likely N-dealkylation sites (tertiary alicyclic amines) is 2. The zero-order valence-electron chi connectivity index (χ0n) is 15.4. The predicted molar refractivity (Wildman–Crippen MR) is 94.9 cm³/mol. The molecule has 0 bridgehead atoms. The molecule has 2 fully saturated rings. The molecule has 2 rings (SSSR count). The highest BCUT2D eigenvalue weighted by Crippen LogP contribution is 2.20. The van der Waals surface area contributed by atoms with E-state index in [1.807, 2.05) is 6.92 Å². The standard InChI is InChI=1S/C17H32F3N5/c1-3-7-24-8-5-14(11-24)10-22-16(21-4-2)23-15-6-9-25(12-15)13-17(18,19)20/h14-15H,3-13H2,1-2H3,(H2,21,22,23). The van der Waals surface area contributed by atoms with Crippen molar-refractivity contribution < 1.29 is 13.2 Å². The van der Waals surface area contributed by atoms with Gasteiger partial charge in [0, 0.05) is 38.8 Å². The van der Waals surface area contributed by atoms with Crippen molar-refractivity contribution in [2.45, 2.75) is 45.3 Å². The van der Waals surface area contributed by atoms with Crippen LogP contribution in [0.3, 0.4) is 0 Å². The van der Waals surface area contributed by atoms with E-state index in [4.69, 9.17) is 0 Å². The number of hydrogen-bond donors (Lipinski definition) is 2. The van der Waals surface area contributed by atoms with E-state index in [1.165, 1.54) is 17.7 Å². The molecule has 2 aliphatic rings. The maximum absolute atomic E-state index is 12.5. The smallest absolute Gasteiger partial charge is 0.357 e. The highest BCUT2D eigenvalue weighted by Gasteiger charge is 2.34. The molecular weight excluding hydrogens is 331 g/mol. The maximum Gasteiger partial charge on any atom is 0.401 e. The fourth-order valence-corrected chi connectivity index (χ4v) is 3.66. The monoisotopic (exact) mass is 363 g/mol. The summed E-state index contributed by atoms with van der Waals surface area (Å²) < 4.78 is 37.5. The summed E-state index contributed by atoms with van der Waals surface area (Å²) in [7, 11) is 0. The van der Waals surface area contributed by atoms with E-state index >= 15 is 0 Å². The normalized spacial score (nSPS) is 26.4. The lowest BCUT2D eigenvalue weighted by Crippen LogP contribution is -2.45. The van der Waals surface area contributed by atoms with Crippen molar-refractivity contribution in [3.05, 3.63) is 0 Å². The van der Waals surface area contributed by atoms with Crippen LogP contribution in [-0.2, 0) is 0 Å².